The van der Waals surface area contributed by atoms with E-state index in [-0.39, 0.29) is 5.56 Å². The van der Waals surface area contributed by atoms with Gasteiger partial charge in [0.1, 0.15) is 12.4 Å². The summed E-state index contributed by atoms with van der Waals surface area (Å²) in [4.78, 5) is 25.0. The van der Waals surface area contributed by atoms with Gasteiger partial charge < -0.3 is 5.11 Å². The molecule has 3 aromatic rings. The highest BCUT2D eigenvalue weighted by molar-refractivity contribution is 5.88. The quantitative estimate of drug-likeness (QED) is 0.387. The van der Waals surface area contributed by atoms with Gasteiger partial charge in [-0.3, -0.25) is 10.1 Å². The average Bonchev–Trinajstić information content (AvgIpc) is 2.71. The summed E-state index contributed by atoms with van der Waals surface area (Å²) in [7, 11) is 0. The Morgan fingerprint density at radius 2 is 1.44 bits per heavy atom. The Labute approximate surface area is 157 Å². The maximum atomic E-state index is 10.3. The Morgan fingerprint density at radius 1 is 0.889 bits per heavy atom. The molecule has 138 valence electrons. The number of carboxylic acid groups (broad SMARTS) is 1. The van der Waals surface area contributed by atoms with E-state index in [1.54, 1.807) is 0 Å². The van der Waals surface area contributed by atoms with Gasteiger partial charge in [-0.15, -0.1) is 0 Å². The third kappa shape index (κ3) is 5.88. The summed E-state index contributed by atoms with van der Waals surface area (Å²) in [6.45, 7) is 2.03. The molecule has 3 rings (SSSR count). The molecule has 0 spiro atoms. The highest BCUT2D eigenvalue weighted by atomic mass is 17.1. The first-order chi connectivity index (χ1) is 13.0. The predicted octanol–water partition coefficient (Wildman–Crippen LogP) is 4.77. The molecule has 0 bridgehead atoms. The molecule has 0 radical (unpaired) electrons. The summed E-state index contributed by atoms with van der Waals surface area (Å²) >= 11 is 0. The number of hydrogen-bond donors (Lipinski definition) is 2. The summed E-state index contributed by atoms with van der Waals surface area (Å²) in [5, 5.41) is 17.5. The summed E-state index contributed by atoms with van der Waals surface area (Å²) < 4.78 is 0. The Bertz CT molecular complexity index is 855. The van der Waals surface area contributed by atoms with E-state index in [1.165, 1.54) is 29.8 Å². The van der Waals surface area contributed by atoms with Gasteiger partial charge in [0.15, 0.2) is 0 Å². The van der Waals surface area contributed by atoms with Crippen LogP contribution in [-0.2, 0) is 4.89 Å². The molecule has 5 heteroatoms. The summed E-state index contributed by atoms with van der Waals surface area (Å²) in [6, 6.07) is 23.3. The molecule has 1 unspecified atom stereocenters. The van der Waals surface area contributed by atoms with Crippen LogP contribution in [0.5, 0.6) is 0 Å². The van der Waals surface area contributed by atoms with Crippen LogP contribution in [0.15, 0.2) is 78.9 Å². The van der Waals surface area contributed by atoms with Gasteiger partial charge in [-0.1, -0.05) is 72.3 Å². The monoisotopic (exact) mass is 364 g/mol. The smallest absolute Gasteiger partial charge is 0.335 e. The zero-order chi connectivity index (χ0) is 19.6. The van der Waals surface area contributed by atoms with Gasteiger partial charge in [0, 0.05) is 5.56 Å². The molecule has 0 aromatic heterocycles. The van der Waals surface area contributed by atoms with Crippen LogP contribution in [0, 0.1) is 6.92 Å². The Hall–Kier alpha value is -3.28. The second kappa shape index (κ2) is 10.0. The van der Waals surface area contributed by atoms with Gasteiger partial charge >= 0.3 is 5.97 Å². The normalized spacial score (nSPS) is 11.0. The lowest BCUT2D eigenvalue weighted by Gasteiger charge is -2.14. The van der Waals surface area contributed by atoms with Crippen molar-refractivity contribution in [3.05, 3.63) is 107 Å². The number of hydrogen-bond acceptors (Lipinski definition) is 4. The Kier molecular flexibility index (Phi) is 7.43. The summed E-state index contributed by atoms with van der Waals surface area (Å²) in [5.74, 6) is -0.984. The lowest BCUT2D eigenvalue weighted by molar-refractivity contribution is -0.270. The van der Waals surface area contributed by atoms with Crippen LogP contribution < -0.4 is 0 Å². The minimum Gasteiger partial charge on any atom is -0.478 e. The number of carboxylic acids is 1. The Morgan fingerprint density at radius 3 is 1.93 bits per heavy atom. The molecule has 0 aliphatic carbocycles. The van der Waals surface area contributed by atoms with Gasteiger partial charge in [-0.05, 0) is 30.2 Å². The van der Waals surface area contributed by atoms with E-state index in [4.69, 9.17) is 10.4 Å². The number of aldehydes is 1. The molecule has 0 aliphatic heterocycles. The SMILES string of the molecule is Cc1ccc(C(OO)c2ccccc2)cc1.O=Cc1ccc(C(=O)O)cc1. The molecule has 1 atom stereocenters. The number of aromatic carboxylic acids is 1. The van der Waals surface area contributed by atoms with Crippen LogP contribution in [0.4, 0.5) is 0 Å². The van der Waals surface area contributed by atoms with Gasteiger partial charge in [-0.25, -0.2) is 9.68 Å². The first-order valence-corrected chi connectivity index (χ1v) is 8.25. The standard InChI is InChI=1S/C14H14O2.C8H6O3/c1-11-7-9-13(10-8-11)14(16-15)12-5-3-2-4-6-12;9-5-6-1-3-7(4-2-6)8(10)11/h2-10,14-15H,1H3;1-5H,(H,10,11). The second-order valence-electron chi connectivity index (χ2n) is 5.85. The van der Waals surface area contributed by atoms with E-state index in [2.05, 4.69) is 4.89 Å². The molecule has 0 saturated heterocycles. The van der Waals surface area contributed by atoms with Crippen LogP contribution in [0.1, 0.15) is 43.5 Å². The summed E-state index contributed by atoms with van der Waals surface area (Å²) in [6.07, 6.45) is 0.257. The lowest BCUT2D eigenvalue weighted by Crippen LogP contribution is -2.03. The van der Waals surface area contributed by atoms with E-state index in [9.17, 15) is 9.59 Å². The van der Waals surface area contributed by atoms with Crippen molar-refractivity contribution in [3.8, 4) is 0 Å². The maximum absolute atomic E-state index is 10.3. The van der Waals surface area contributed by atoms with Crippen LogP contribution >= 0.6 is 0 Å². The zero-order valence-corrected chi connectivity index (χ0v) is 14.8. The van der Waals surface area contributed by atoms with E-state index in [0.717, 1.165) is 11.1 Å². The number of carbonyl (C=O) groups is 2. The van der Waals surface area contributed by atoms with Crippen molar-refractivity contribution in [2.24, 2.45) is 0 Å². The molecule has 0 saturated carbocycles. The predicted molar refractivity (Wildman–Crippen MR) is 102 cm³/mol. The Balaban J connectivity index is 0.000000208. The molecule has 27 heavy (non-hydrogen) atoms. The largest absolute Gasteiger partial charge is 0.478 e. The fourth-order valence-electron chi connectivity index (χ4n) is 2.39. The first-order valence-electron chi connectivity index (χ1n) is 8.25. The van der Waals surface area contributed by atoms with Crippen molar-refractivity contribution in [1.29, 1.82) is 0 Å². The van der Waals surface area contributed by atoms with Crippen molar-refractivity contribution in [2.75, 3.05) is 0 Å². The van der Waals surface area contributed by atoms with Gasteiger partial charge in [-0.2, -0.15) is 0 Å². The molecule has 0 heterocycles. The fraction of sp³-hybridized carbons (Fsp3) is 0.0909. The first kappa shape index (κ1) is 20.0. The second-order valence-corrected chi connectivity index (χ2v) is 5.85. The molecule has 5 nitrogen and oxygen atoms in total. The zero-order valence-electron chi connectivity index (χ0n) is 14.8. The topological polar surface area (TPSA) is 83.8 Å². The third-order valence-electron chi connectivity index (χ3n) is 3.88. The highest BCUT2D eigenvalue weighted by Crippen LogP contribution is 2.24. The van der Waals surface area contributed by atoms with Crippen molar-refractivity contribution in [2.45, 2.75) is 13.0 Å². The van der Waals surface area contributed by atoms with Gasteiger partial charge in [0.05, 0.1) is 5.56 Å². The molecule has 2 N–H and O–H groups in total. The van der Waals surface area contributed by atoms with Crippen molar-refractivity contribution < 1.29 is 24.8 Å². The van der Waals surface area contributed by atoms with Crippen LogP contribution in [0.25, 0.3) is 0 Å². The van der Waals surface area contributed by atoms with Crippen LogP contribution in [0.3, 0.4) is 0 Å². The molecule has 0 fully saturated rings. The van der Waals surface area contributed by atoms with Crippen molar-refractivity contribution in [1.82, 2.24) is 0 Å². The fourth-order valence-corrected chi connectivity index (χ4v) is 2.39. The summed E-state index contributed by atoms with van der Waals surface area (Å²) in [5.41, 5.74) is 3.74. The lowest BCUT2D eigenvalue weighted by atomic mass is 10.0. The highest BCUT2D eigenvalue weighted by Gasteiger charge is 2.13. The van der Waals surface area contributed by atoms with E-state index >= 15 is 0 Å². The van der Waals surface area contributed by atoms with E-state index in [0.29, 0.717) is 11.8 Å². The minimum atomic E-state index is -0.984. The molecule has 3 aromatic carbocycles. The third-order valence-corrected chi connectivity index (χ3v) is 3.88. The van der Waals surface area contributed by atoms with E-state index in [1.807, 2.05) is 61.5 Å². The molecular formula is C22H20O5. The van der Waals surface area contributed by atoms with Crippen molar-refractivity contribution >= 4 is 12.3 Å². The van der Waals surface area contributed by atoms with Crippen LogP contribution in [-0.4, -0.2) is 22.6 Å². The number of rotatable bonds is 5. The van der Waals surface area contributed by atoms with Crippen molar-refractivity contribution in [3.63, 3.8) is 0 Å². The number of carbonyl (C=O) groups excluding carboxylic acids is 1. The molecular weight excluding hydrogens is 344 g/mol. The molecule has 0 aliphatic rings. The van der Waals surface area contributed by atoms with Gasteiger partial charge in [0.2, 0.25) is 0 Å². The average molecular weight is 364 g/mol. The van der Waals surface area contributed by atoms with Gasteiger partial charge in [0.25, 0.3) is 0 Å². The van der Waals surface area contributed by atoms with Crippen LogP contribution in [0.2, 0.25) is 0 Å². The molecule has 0 amide bonds. The maximum Gasteiger partial charge on any atom is 0.335 e. The number of benzene rings is 3. The van der Waals surface area contributed by atoms with E-state index < -0.39 is 12.1 Å². The minimum absolute atomic E-state index is 0.190. The number of aryl methyl sites for hydroxylation is 1.